The van der Waals surface area contributed by atoms with Crippen molar-refractivity contribution in [2.75, 3.05) is 25.0 Å². The van der Waals surface area contributed by atoms with Gasteiger partial charge in [-0.05, 0) is 61.7 Å². The van der Waals surface area contributed by atoms with Crippen LogP contribution in [0.1, 0.15) is 42.4 Å². The average molecular weight is 375 g/mol. The number of hydrogen-bond acceptors (Lipinski definition) is 4. The minimum atomic E-state index is -0.0516. The smallest absolute Gasteiger partial charge is 0.221 e. The molecule has 0 aliphatic carbocycles. The molecule has 2 aliphatic heterocycles. The zero-order valence-corrected chi connectivity index (χ0v) is 16.1. The third-order valence-electron chi connectivity index (χ3n) is 5.80. The van der Waals surface area contributed by atoms with Gasteiger partial charge in [0.25, 0.3) is 0 Å². The summed E-state index contributed by atoms with van der Waals surface area (Å²) >= 11 is 0. The molecule has 0 radical (unpaired) electrons. The molecule has 1 fully saturated rings. The molecule has 0 spiro atoms. The lowest BCUT2D eigenvalue weighted by atomic mass is 9.81. The fourth-order valence-corrected chi connectivity index (χ4v) is 4.43. The number of hydrogen-bond donors (Lipinski definition) is 1. The first-order valence-electron chi connectivity index (χ1n) is 9.91. The Morgan fingerprint density at radius 2 is 2.11 bits per heavy atom. The Morgan fingerprint density at radius 3 is 2.86 bits per heavy atom. The topological polar surface area (TPSA) is 65.4 Å². The molecule has 2 atom stereocenters. The Labute approximate surface area is 165 Å². The van der Waals surface area contributed by atoms with Crippen molar-refractivity contribution < 1.29 is 9.53 Å². The number of nitrogens with one attached hydrogen (secondary N) is 1. The van der Waals surface area contributed by atoms with E-state index in [1.165, 1.54) is 24.5 Å². The van der Waals surface area contributed by atoms with Crippen molar-refractivity contribution >= 4 is 11.6 Å². The van der Waals surface area contributed by atoms with Gasteiger partial charge in [0, 0.05) is 30.6 Å². The largest absolute Gasteiger partial charge is 0.492 e. The Kier molecular flexibility index (Phi) is 5.31. The Bertz CT molecular complexity index is 901. The first-order valence-corrected chi connectivity index (χ1v) is 9.91. The number of benzene rings is 2. The van der Waals surface area contributed by atoms with Crippen LogP contribution in [0.4, 0.5) is 5.69 Å². The van der Waals surface area contributed by atoms with E-state index in [2.05, 4.69) is 28.4 Å². The van der Waals surface area contributed by atoms with Crippen LogP contribution in [0.15, 0.2) is 42.5 Å². The molecule has 0 bridgehead atoms. The second kappa shape index (κ2) is 8.04. The molecular weight excluding hydrogens is 350 g/mol. The number of nitriles is 1. The highest BCUT2D eigenvalue weighted by molar-refractivity contribution is 5.88. The highest BCUT2D eigenvalue weighted by atomic mass is 16.5. The van der Waals surface area contributed by atoms with Gasteiger partial charge in [0.1, 0.15) is 12.4 Å². The van der Waals surface area contributed by atoms with Crippen LogP contribution in [0.5, 0.6) is 5.75 Å². The minimum Gasteiger partial charge on any atom is -0.492 e. The second-order valence-corrected chi connectivity index (χ2v) is 7.66. The zero-order chi connectivity index (χ0) is 19.5. The third-order valence-corrected chi connectivity index (χ3v) is 5.80. The van der Waals surface area contributed by atoms with Crippen LogP contribution in [-0.4, -0.2) is 36.5 Å². The predicted molar refractivity (Wildman–Crippen MR) is 108 cm³/mol. The third kappa shape index (κ3) is 3.88. The lowest BCUT2D eigenvalue weighted by Crippen LogP contribution is -2.50. The normalized spacial score (nSPS) is 21.0. The standard InChI is InChI=1S/C23H25N3O2/c1-16(27)25-19-7-4-17(5-8-19)10-12-26-11-2-3-20-21-13-18(14-24)6-9-23(21)28-15-22(20)26/h4-9,13,20,22H,2-3,10-12,15H2,1H3,(H,25,27). The number of anilines is 1. The quantitative estimate of drug-likeness (QED) is 0.885. The van der Waals surface area contributed by atoms with Crippen LogP contribution in [0, 0.1) is 11.3 Å². The Balaban J connectivity index is 1.43. The van der Waals surface area contributed by atoms with Gasteiger partial charge in [0.15, 0.2) is 0 Å². The summed E-state index contributed by atoms with van der Waals surface area (Å²) in [5.74, 6) is 1.33. The lowest BCUT2D eigenvalue weighted by Gasteiger charge is -2.44. The number of rotatable bonds is 4. The fourth-order valence-electron chi connectivity index (χ4n) is 4.43. The van der Waals surface area contributed by atoms with Gasteiger partial charge in [-0.25, -0.2) is 0 Å². The zero-order valence-electron chi connectivity index (χ0n) is 16.1. The molecule has 5 nitrogen and oxygen atoms in total. The van der Waals surface area contributed by atoms with Crippen molar-refractivity contribution in [3.05, 3.63) is 59.2 Å². The summed E-state index contributed by atoms with van der Waals surface area (Å²) in [6.07, 6.45) is 3.28. The fraction of sp³-hybridized carbons (Fsp3) is 0.391. The number of nitrogens with zero attached hydrogens (tertiary/aromatic N) is 2. The molecule has 144 valence electrons. The highest BCUT2D eigenvalue weighted by Gasteiger charge is 2.37. The van der Waals surface area contributed by atoms with E-state index in [-0.39, 0.29) is 5.91 Å². The highest BCUT2D eigenvalue weighted by Crippen LogP contribution is 2.41. The van der Waals surface area contributed by atoms with Crippen LogP contribution in [-0.2, 0) is 11.2 Å². The summed E-state index contributed by atoms with van der Waals surface area (Å²) < 4.78 is 6.04. The van der Waals surface area contributed by atoms with Gasteiger partial charge in [-0.3, -0.25) is 9.69 Å². The number of fused-ring (bicyclic) bond motifs is 3. The SMILES string of the molecule is CC(=O)Nc1ccc(CCN2CCCC3c4cc(C#N)ccc4OCC32)cc1. The average Bonchev–Trinajstić information content (AvgIpc) is 2.72. The van der Waals surface area contributed by atoms with Gasteiger partial charge in [-0.1, -0.05) is 12.1 Å². The number of ether oxygens (including phenoxy) is 1. The maximum Gasteiger partial charge on any atom is 0.221 e. The van der Waals surface area contributed by atoms with E-state index in [1.54, 1.807) is 0 Å². The molecule has 1 saturated heterocycles. The first kappa shape index (κ1) is 18.5. The number of carbonyl (C=O) groups excluding carboxylic acids is 1. The van der Waals surface area contributed by atoms with E-state index in [0.29, 0.717) is 24.1 Å². The van der Waals surface area contributed by atoms with Crippen LogP contribution in [0.3, 0.4) is 0 Å². The Morgan fingerprint density at radius 1 is 1.29 bits per heavy atom. The summed E-state index contributed by atoms with van der Waals surface area (Å²) in [6.45, 7) is 4.30. The monoisotopic (exact) mass is 375 g/mol. The van der Waals surface area contributed by atoms with Crippen LogP contribution in [0.25, 0.3) is 0 Å². The molecule has 1 amide bonds. The molecule has 28 heavy (non-hydrogen) atoms. The number of likely N-dealkylation sites (tertiary alicyclic amines) is 1. The predicted octanol–water partition coefficient (Wildman–Crippen LogP) is 3.70. The summed E-state index contributed by atoms with van der Waals surface area (Å²) in [5, 5.41) is 12.0. The van der Waals surface area contributed by atoms with E-state index < -0.39 is 0 Å². The van der Waals surface area contributed by atoms with E-state index in [9.17, 15) is 10.1 Å². The van der Waals surface area contributed by atoms with E-state index in [0.717, 1.165) is 37.4 Å². The molecule has 0 aromatic heterocycles. The van der Waals surface area contributed by atoms with Crippen molar-refractivity contribution in [2.45, 2.75) is 38.1 Å². The molecule has 2 unspecified atom stereocenters. The number of piperidine rings is 1. The van der Waals surface area contributed by atoms with Gasteiger partial charge < -0.3 is 10.1 Å². The molecule has 2 aliphatic rings. The molecule has 2 aromatic carbocycles. The lowest BCUT2D eigenvalue weighted by molar-refractivity contribution is -0.114. The van der Waals surface area contributed by atoms with Crippen molar-refractivity contribution in [1.29, 1.82) is 5.26 Å². The molecule has 5 heteroatoms. The van der Waals surface area contributed by atoms with Gasteiger partial charge >= 0.3 is 0 Å². The second-order valence-electron chi connectivity index (χ2n) is 7.66. The van der Waals surface area contributed by atoms with Gasteiger partial charge in [-0.15, -0.1) is 0 Å². The number of amides is 1. The van der Waals surface area contributed by atoms with E-state index in [1.807, 2.05) is 30.3 Å². The molecule has 2 heterocycles. The van der Waals surface area contributed by atoms with Crippen molar-refractivity contribution in [1.82, 2.24) is 4.90 Å². The summed E-state index contributed by atoms with van der Waals surface area (Å²) in [5.41, 5.74) is 4.00. The summed E-state index contributed by atoms with van der Waals surface area (Å²) in [6, 6.07) is 16.5. The van der Waals surface area contributed by atoms with Crippen LogP contribution in [0.2, 0.25) is 0 Å². The molecule has 4 rings (SSSR count). The van der Waals surface area contributed by atoms with Crippen molar-refractivity contribution in [2.24, 2.45) is 0 Å². The van der Waals surface area contributed by atoms with Crippen LogP contribution < -0.4 is 10.1 Å². The van der Waals surface area contributed by atoms with E-state index >= 15 is 0 Å². The maximum atomic E-state index is 11.1. The number of carbonyl (C=O) groups is 1. The van der Waals surface area contributed by atoms with Crippen molar-refractivity contribution in [3.63, 3.8) is 0 Å². The van der Waals surface area contributed by atoms with Gasteiger partial charge in [-0.2, -0.15) is 5.26 Å². The molecule has 1 N–H and O–H groups in total. The van der Waals surface area contributed by atoms with Gasteiger partial charge in [0.05, 0.1) is 17.7 Å². The minimum absolute atomic E-state index is 0.0516. The molecular formula is C23H25N3O2. The first-order chi connectivity index (χ1) is 13.6. The summed E-state index contributed by atoms with van der Waals surface area (Å²) in [4.78, 5) is 13.7. The molecule has 2 aromatic rings. The van der Waals surface area contributed by atoms with Crippen LogP contribution >= 0.6 is 0 Å². The van der Waals surface area contributed by atoms with Gasteiger partial charge in [0.2, 0.25) is 5.91 Å². The molecule has 0 saturated carbocycles. The van der Waals surface area contributed by atoms with E-state index in [4.69, 9.17) is 4.74 Å². The summed E-state index contributed by atoms with van der Waals surface area (Å²) in [7, 11) is 0. The maximum absolute atomic E-state index is 11.1. The Hall–Kier alpha value is -2.84. The van der Waals surface area contributed by atoms with Crippen molar-refractivity contribution in [3.8, 4) is 11.8 Å².